The molecular weight excluding hydrogens is 222 g/mol. The number of hydrogen-bond acceptors (Lipinski definition) is 2. The van der Waals surface area contributed by atoms with E-state index in [0.717, 1.165) is 24.8 Å². The third-order valence-electron chi connectivity index (χ3n) is 4.25. The van der Waals surface area contributed by atoms with E-state index >= 15 is 0 Å². The molecule has 0 saturated heterocycles. The highest BCUT2D eigenvalue weighted by molar-refractivity contribution is 5.26. The van der Waals surface area contributed by atoms with Crippen molar-refractivity contribution in [3.8, 4) is 5.75 Å². The number of rotatable bonds is 5. The lowest BCUT2D eigenvalue weighted by molar-refractivity contribution is 0.371. The monoisotopic (exact) mass is 247 g/mol. The molecular formula is C16H25NO. The number of benzene rings is 1. The average molecular weight is 247 g/mol. The summed E-state index contributed by atoms with van der Waals surface area (Å²) in [6, 6.07) is 8.04. The lowest BCUT2D eigenvalue weighted by Gasteiger charge is -2.20. The van der Waals surface area contributed by atoms with Gasteiger partial charge in [-0.1, -0.05) is 31.9 Å². The van der Waals surface area contributed by atoms with Crippen LogP contribution >= 0.6 is 0 Å². The molecule has 1 aliphatic carbocycles. The van der Waals surface area contributed by atoms with Crippen LogP contribution in [0.4, 0.5) is 0 Å². The van der Waals surface area contributed by atoms with E-state index < -0.39 is 0 Å². The highest BCUT2D eigenvalue weighted by Crippen LogP contribution is 2.30. The Labute approximate surface area is 110 Å². The first-order valence-electron chi connectivity index (χ1n) is 7.16. The third-order valence-corrected chi connectivity index (χ3v) is 4.25. The average Bonchev–Trinajstić information content (AvgIpc) is 2.75. The minimum absolute atomic E-state index is 0.346. The second kappa shape index (κ2) is 6.24. The van der Waals surface area contributed by atoms with Crippen LogP contribution in [0, 0.1) is 11.8 Å². The van der Waals surface area contributed by atoms with Gasteiger partial charge in [0.15, 0.2) is 0 Å². The summed E-state index contributed by atoms with van der Waals surface area (Å²) < 4.78 is 0. The highest BCUT2D eigenvalue weighted by atomic mass is 16.3. The molecule has 1 saturated carbocycles. The molecule has 1 aliphatic rings. The largest absolute Gasteiger partial charge is 0.508 e. The van der Waals surface area contributed by atoms with E-state index in [2.05, 4.69) is 19.2 Å². The van der Waals surface area contributed by atoms with Gasteiger partial charge in [0.1, 0.15) is 5.75 Å². The smallest absolute Gasteiger partial charge is 0.115 e. The van der Waals surface area contributed by atoms with E-state index in [1.807, 2.05) is 12.1 Å². The summed E-state index contributed by atoms with van der Waals surface area (Å²) in [6.07, 6.45) is 5.22. The fourth-order valence-corrected chi connectivity index (χ4v) is 2.94. The van der Waals surface area contributed by atoms with Crippen molar-refractivity contribution in [1.29, 1.82) is 0 Å². The van der Waals surface area contributed by atoms with Gasteiger partial charge >= 0.3 is 0 Å². The molecule has 2 heteroatoms. The third kappa shape index (κ3) is 3.74. The molecule has 3 atom stereocenters. The zero-order valence-corrected chi connectivity index (χ0v) is 11.5. The van der Waals surface area contributed by atoms with Crippen LogP contribution in [0.3, 0.4) is 0 Å². The molecule has 1 fully saturated rings. The molecule has 0 amide bonds. The van der Waals surface area contributed by atoms with E-state index in [0.29, 0.717) is 11.8 Å². The molecule has 2 rings (SSSR count). The van der Waals surface area contributed by atoms with Gasteiger partial charge in [-0.05, 0) is 55.8 Å². The molecule has 2 N–H and O–H groups in total. The zero-order chi connectivity index (χ0) is 13.0. The van der Waals surface area contributed by atoms with E-state index in [4.69, 9.17) is 0 Å². The van der Waals surface area contributed by atoms with Gasteiger partial charge < -0.3 is 10.4 Å². The number of phenols is 1. The molecule has 0 bridgehead atoms. The van der Waals surface area contributed by atoms with Crippen LogP contribution in [0.25, 0.3) is 0 Å². The first-order valence-corrected chi connectivity index (χ1v) is 7.16. The number of aromatic hydroxyl groups is 1. The minimum atomic E-state index is 0.346. The normalized spacial score (nSPS) is 25.2. The zero-order valence-electron chi connectivity index (χ0n) is 11.5. The van der Waals surface area contributed by atoms with Crippen LogP contribution in [0.5, 0.6) is 5.75 Å². The number of nitrogens with one attached hydrogen (secondary N) is 1. The summed E-state index contributed by atoms with van der Waals surface area (Å²) in [7, 11) is 0. The number of phenolic OH excluding ortho intramolecular Hbond substituents is 1. The van der Waals surface area contributed by atoms with Crippen molar-refractivity contribution in [1.82, 2.24) is 5.32 Å². The maximum atomic E-state index is 9.25. The predicted octanol–water partition coefficient (Wildman–Crippen LogP) is 3.35. The molecule has 1 aromatic rings. The molecule has 100 valence electrons. The fraction of sp³-hybridized carbons (Fsp3) is 0.625. The van der Waals surface area contributed by atoms with Crippen LogP contribution in [-0.2, 0) is 6.42 Å². The van der Waals surface area contributed by atoms with E-state index in [1.165, 1.54) is 24.8 Å². The summed E-state index contributed by atoms with van der Waals surface area (Å²) >= 11 is 0. The van der Waals surface area contributed by atoms with Crippen molar-refractivity contribution in [2.45, 2.75) is 45.6 Å². The molecule has 0 heterocycles. The Kier molecular flexibility index (Phi) is 4.65. The summed E-state index contributed by atoms with van der Waals surface area (Å²) in [5.41, 5.74) is 1.28. The first-order chi connectivity index (χ1) is 8.65. The maximum absolute atomic E-state index is 9.25. The van der Waals surface area contributed by atoms with Crippen LogP contribution in [-0.4, -0.2) is 17.7 Å². The molecule has 1 aromatic carbocycles. The van der Waals surface area contributed by atoms with Crippen molar-refractivity contribution < 1.29 is 5.11 Å². The Morgan fingerprint density at radius 1 is 1.28 bits per heavy atom. The standard InChI is InChI=1S/C16H25NO/c1-12-4-3-5-15(12)11-17-13(2)10-14-6-8-16(18)9-7-14/h6-9,12-13,15,17-18H,3-5,10-11H2,1-2H3. The van der Waals surface area contributed by atoms with Gasteiger partial charge in [-0.15, -0.1) is 0 Å². The van der Waals surface area contributed by atoms with Crippen molar-refractivity contribution in [2.75, 3.05) is 6.54 Å². The van der Waals surface area contributed by atoms with Gasteiger partial charge in [0.25, 0.3) is 0 Å². The molecule has 0 radical (unpaired) electrons. The van der Waals surface area contributed by atoms with Gasteiger partial charge in [-0.2, -0.15) is 0 Å². The molecule has 0 aromatic heterocycles. The second-order valence-corrected chi connectivity index (χ2v) is 5.85. The quantitative estimate of drug-likeness (QED) is 0.836. The molecule has 3 unspecified atom stereocenters. The highest BCUT2D eigenvalue weighted by Gasteiger charge is 2.23. The van der Waals surface area contributed by atoms with Gasteiger partial charge in [0.05, 0.1) is 0 Å². The summed E-state index contributed by atoms with van der Waals surface area (Å²) in [4.78, 5) is 0. The Morgan fingerprint density at radius 3 is 2.61 bits per heavy atom. The summed E-state index contributed by atoms with van der Waals surface area (Å²) in [5.74, 6) is 2.10. The van der Waals surface area contributed by atoms with Crippen molar-refractivity contribution >= 4 is 0 Å². The molecule has 0 aliphatic heterocycles. The number of hydrogen-bond donors (Lipinski definition) is 2. The topological polar surface area (TPSA) is 32.3 Å². The Morgan fingerprint density at radius 2 is 2.00 bits per heavy atom. The Hall–Kier alpha value is -1.02. The van der Waals surface area contributed by atoms with Crippen LogP contribution in [0.2, 0.25) is 0 Å². The van der Waals surface area contributed by atoms with Crippen LogP contribution < -0.4 is 5.32 Å². The van der Waals surface area contributed by atoms with Gasteiger partial charge in [-0.25, -0.2) is 0 Å². The van der Waals surface area contributed by atoms with Crippen LogP contribution in [0.15, 0.2) is 24.3 Å². The van der Waals surface area contributed by atoms with Gasteiger partial charge in [0, 0.05) is 6.04 Å². The van der Waals surface area contributed by atoms with Crippen LogP contribution in [0.1, 0.15) is 38.7 Å². The maximum Gasteiger partial charge on any atom is 0.115 e. The SMILES string of the molecule is CC(Cc1ccc(O)cc1)NCC1CCCC1C. The lowest BCUT2D eigenvalue weighted by atomic mass is 9.97. The Bertz CT molecular complexity index is 360. The van der Waals surface area contributed by atoms with Crippen molar-refractivity contribution in [2.24, 2.45) is 11.8 Å². The summed E-state index contributed by atoms with van der Waals surface area (Å²) in [5, 5.41) is 12.9. The van der Waals surface area contributed by atoms with Crippen molar-refractivity contribution in [3.05, 3.63) is 29.8 Å². The Balaban J connectivity index is 1.74. The lowest BCUT2D eigenvalue weighted by Crippen LogP contribution is -2.33. The predicted molar refractivity (Wildman–Crippen MR) is 75.8 cm³/mol. The van der Waals surface area contributed by atoms with E-state index in [9.17, 15) is 5.11 Å². The minimum Gasteiger partial charge on any atom is -0.508 e. The van der Waals surface area contributed by atoms with Crippen molar-refractivity contribution in [3.63, 3.8) is 0 Å². The summed E-state index contributed by atoms with van der Waals surface area (Å²) in [6.45, 7) is 5.77. The van der Waals surface area contributed by atoms with Gasteiger partial charge in [-0.3, -0.25) is 0 Å². The molecule has 2 nitrogen and oxygen atoms in total. The molecule has 0 spiro atoms. The fourth-order valence-electron chi connectivity index (χ4n) is 2.94. The van der Waals surface area contributed by atoms with E-state index in [1.54, 1.807) is 12.1 Å². The molecule has 18 heavy (non-hydrogen) atoms. The first kappa shape index (κ1) is 13.4. The van der Waals surface area contributed by atoms with E-state index in [-0.39, 0.29) is 0 Å². The second-order valence-electron chi connectivity index (χ2n) is 5.85. The van der Waals surface area contributed by atoms with Gasteiger partial charge in [0.2, 0.25) is 0 Å².